The molecule has 0 spiro atoms. The molecule has 1 heterocycles. The molecule has 0 N–H and O–H groups in total. The van der Waals surface area contributed by atoms with E-state index in [9.17, 15) is 4.79 Å². The van der Waals surface area contributed by atoms with Crippen LogP contribution >= 0.6 is 15.9 Å². The monoisotopic (exact) mass is 370 g/mol. The first kappa shape index (κ1) is 17.1. The lowest BCUT2D eigenvalue weighted by atomic mass is 10.1. The molecule has 0 saturated carbocycles. The van der Waals surface area contributed by atoms with Gasteiger partial charge in [-0.05, 0) is 41.5 Å². The second-order valence-corrected chi connectivity index (χ2v) is 6.29. The molecule has 22 heavy (non-hydrogen) atoms. The van der Waals surface area contributed by atoms with Gasteiger partial charge in [-0.3, -0.25) is 4.79 Å². The van der Waals surface area contributed by atoms with Gasteiger partial charge in [0, 0.05) is 31.7 Å². The molecular formula is C16H23BrN2O3. The van der Waals surface area contributed by atoms with Crippen molar-refractivity contribution in [2.75, 3.05) is 46.9 Å². The number of hydrogen-bond acceptors (Lipinski definition) is 4. The summed E-state index contributed by atoms with van der Waals surface area (Å²) < 4.78 is 11.8. The van der Waals surface area contributed by atoms with E-state index in [-0.39, 0.29) is 5.91 Å². The van der Waals surface area contributed by atoms with E-state index in [1.807, 2.05) is 17.9 Å². The topological polar surface area (TPSA) is 42.0 Å². The Labute approximate surface area is 140 Å². The minimum absolute atomic E-state index is 0.0362. The van der Waals surface area contributed by atoms with Gasteiger partial charge in [-0.2, -0.15) is 0 Å². The summed E-state index contributed by atoms with van der Waals surface area (Å²) in [6.45, 7) is 5.97. The second-order valence-electron chi connectivity index (χ2n) is 5.43. The predicted octanol–water partition coefficient (Wildman–Crippen LogP) is 2.63. The van der Waals surface area contributed by atoms with Crippen LogP contribution in [0, 0.1) is 0 Å². The highest BCUT2D eigenvalue weighted by molar-refractivity contribution is 9.10. The van der Waals surface area contributed by atoms with Gasteiger partial charge in [-0.15, -0.1) is 0 Å². The number of hydrogen-bond donors (Lipinski definition) is 0. The lowest BCUT2D eigenvalue weighted by Crippen LogP contribution is -2.47. The van der Waals surface area contributed by atoms with E-state index in [0.29, 0.717) is 23.7 Å². The second kappa shape index (κ2) is 7.83. The zero-order valence-electron chi connectivity index (χ0n) is 13.4. The normalized spacial score (nSPS) is 15.7. The molecular weight excluding hydrogens is 348 g/mol. The summed E-state index contributed by atoms with van der Waals surface area (Å²) in [5.74, 6) is 1.27. The zero-order chi connectivity index (χ0) is 16.1. The Morgan fingerprint density at radius 2 is 1.95 bits per heavy atom. The summed E-state index contributed by atoms with van der Waals surface area (Å²) in [5, 5.41) is 0. The Morgan fingerprint density at radius 3 is 2.55 bits per heavy atom. The molecule has 0 atom stereocenters. The lowest BCUT2D eigenvalue weighted by molar-refractivity contribution is 0.0663. The Kier molecular flexibility index (Phi) is 6.08. The highest BCUT2D eigenvalue weighted by Gasteiger charge is 2.22. The first-order chi connectivity index (χ1) is 10.6. The van der Waals surface area contributed by atoms with Crippen LogP contribution in [-0.4, -0.2) is 62.7 Å². The highest BCUT2D eigenvalue weighted by Crippen LogP contribution is 2.37. The minimum Gasteiger partial charge on any atom is -0.493 e. The van der Waals surface area contributed by atoms with Crippen LogP contribution in [0.5, 0.6) is 11.5 Å². The number of methoxy groups -OCH3 is 1. The van der Waals surface area contributed by atoms with Crippen molar-refractivity contribution < 1.29 is 14.3 Å². The van der Waals surface area contributed by atoms with E-state index >= 15 is 0 Å². The van der Waals surface area contributed by atoms with Gasteiger partial charge in [0.25, 0.3) is 5.91 Å². The molecule has 1 aromatic carbocycles. The fourth-order valence-electron chi connectivity index (χ4n) is 2.38. The van der Waals surface area contributed by atoms with E-state index in [4.69, 9.17) is 9.47 Å². The van der Waals surface area contributed by atoms with Crippen LogP contribution in [0.2, 0.25) is 0 Å². The van der Waals surface area contributed by atoms with Crippen molar-refractivity contribution in [3.8, 4) is 11.5 Å². The molecule has 0 unspecified atom stereocenters. The molecule has 122 valence electrons. The van der Waals surface area contributed by atoms with E-state index in [1.165, 1.54) is 0 Å². The quantitative estimate of drug-likeness (QED) is 0.798. The Morgan fingerprint density at radius 1 is 1.27 bits per heavy atom. The fourth-order valence-corrected chi connectivity index (χ4v) is 2.94. The van der Waals surface area contributed by atoms with Gasteiger partial charge in [0.05, 0.1) is 18.2 Å². The van der Waals surface area contributed by atoms with Gasteiger partial charge in [-0.1, -0.05) is 6.92 Å². The van der Waals surface area contributed by atoms with E-state index in [0.717, 1.165) is 37.1 Å². The van der Waals surface area contributed by atoms with Crippen LogP contribution in [0.1, 0.15) is 23.7 Å². The van der Waals surface area contributed by atoms with Gasteiger partial charge in [0.1, 0.15) is 0 Å². The van der Waals surface area contributed by atoms with Crippen LogP contribution in [0.4, 0.5) is 0 Å². The third kappa shape index (κ3) is 3.93. The van der Waals surface area contributed by atoms with Gasteiger partial charge in [0.15, 0.2) is 11.5 Å². The zero-order valence-corrected chi connectivity index (χ0v) is 15.0. The number of amides is 1. The molecule has 2 rings (SSSR count). The van der Waals surface area contributed by atoms with Crippen molar-refractivity contribution in [1.82, 2.24) is 9.80 Å². The number of ether oxygens (including phenoxy) is 2. The standard InChI is InChI=1S/C16H23BrN2O3/c1-4-9-22-15-13(17)10-12(11-14(15)21-3)16(20)19-7-5-18(2)6-8-19/h10-11H,4-9H2,1-3H3. The largest absolute Gasteiger partial charge is 0.493 e. The maximum Gasteiger partial charge on any atom is 0.254 e. The molecule has 1 fully saturated rings. The molecule has 5 nitrogen and oxygen atoms in total. The summed E-state index contributed by atoms with van der Waals surface area (Å²) >= 11 is 3.49. The molecule has 1 aliphatic heterocycles. The maximum atomic E-state index is 12.6. The van der Waals surface area contributed by atoms with E-state index in [2.05, 4.69) is 27.9 Å². The van der Waals surface area contributed by atoms with Crippen molar-refractivity contribution in [2.24, 2.45) is 0 Å². The Hall–Kier alpha value is -1.27. The number of halogens is 1. The van der Waals surface area contributed by atoms with Crippen molar-refractivity contribution in [3.05, 3.63) is 22.2 Å². The van der Waals surface area contributed by atoms with Crippen molar-refractivity contribution in [1.29, 1.82) is 0 Å². The molecule has 0 aromatic heterocycles. The SMILES string of the molecule is CCCOc1c(Br)cc(C(=O)N2CCN(C)CC2)cc1OC. The van der Waals surface area contributed by atoms with E-state index < -0.39 is 0 Å². The summed E-state index contributed by atoms with van der Waals surface area (Å²) in [6.07, 6.45) is 0.914. The number of carbonyl (C=O) groups excluding carboxylic acids is 1. The van der Waals surface area contributed by atoms with Crippen molar-refractivity contribution >= 4 is 21.8 Å². The Balaban J connectivity index is 2.20. The first-order valence-electron chi connectivity index (χ1n) is 7.55. The third-order valence-electron chi connectivity index (χ3n) is 3.72. The van der Waals surface area contributed by atoms with Crippen LogP contribution in [0.15, 0.2) is 16.6 Å². The molecule has 6 heteroatoms. The lowest BCUT2D eigenvalue weighted by Gasteiger charge is -2.32. The number of likely N-dealkylation sites (N-methyl/N-ethyl adjacent to an activating group) is 1. The minimum atomic E-state index is 0.0362. The molecule has 1 aliphatic rings. The van der Waals surface area contributed by atoms with E-state index in [1.54, 1.807) is 13.2 Å². The number of rotatable bonds is 5. The van der Waals surface area contributed by atoms with Crippen LogP contribution in [0.3, 0.4) is 0 Å². The summed E-state index contributed by atoms with van der Waals surface area (Å²) in [4.78, 5) is 16.7. The average Bonchev–Trinajstić information content (AvgIpc) is 2.53. The molecule has 0 aliphatic carbocycles. The van der Waals surface area contributed by atoms with Crippen LogP contribution < -0.4 is 9.47 Å². The summed E-state index contributed by atoms with van der Waals surface area (Å²) in [5.41, 5.74) is 0.622. The van der Waals surface area contributed by atoms with Gasteiger partial charge < -0.3 is 19.3 Å². The van der Waals surface area contributed by atoms with Gasteiger partial charge in [0.2, 0.25) is 0 Å². The van der Waals surface area contributed by atoms with Gasteiger partial charge >= 0.3 is 0 Å². The summed E-state index contributed by atoms with van der Waals surface area (Å²) in [6, 6.07) is 3.57. The van der Waals surface area contributed by atoms with Crippen LogP contribution in [-0.2, 0) is 0 Å². The molecule has 1 amide bonds. The third-order valence-corrected chi connectivity index (χ3v) is 4.31. The molecule has 1 saturated heterocycles. The molecule has 1 aromatic rings. The molecule has 0 bridgehead atoms. The van der Waals surface area contributed by atoms with Gasteiger partial charge in [-0.25, -0.2) is 0 Å². The number of benzene rings is 1. The molecule has 0 radical (unpaired) electrons. The smallest absolute Gasteiger partial charge is 0.254 e. The Bertz CT molecular complexity index is 528. The maximum absolute atomic E-state index is 12.6. The first-order valence-corrected chi connectivity index (χ1v) is 8.34. The predicted molar refractivity (Wildman–Crippen MR) is 89.9 cm³/mol. The summed E-state index contributed by atoms with van der Waals surface area (Å²) in [7, 11) is 3.66. The number of nitrogens with zero attached hydrogens (tertiary/aromatic N) is 2. The highest BCUT2D eigenvalue weighted by atomic mass is 79.9. The number of piperazine rings is 1. The van der Waals surface area contributed by atoms with Crippen LogP contribution in [0.25, 0.3) is 0 Å². The van der Waals surface area contributed by atoms with Crippen molar-refractivity contribution in [3.63, 3.8) is 0 Å². The average molecular weight is 371 g/mol. The van der Waals surface area contributed by atoms with Crippen molar-refractivity contribution in [2.45, 2.75) is 13.3 Å². The fraction of sp³-hybridized carbons (Fsp3) is 0.562. The number of carbonyl (C=O) groups is 1.